The summed E-state index contributed by atoms with van der Waals surface area (Å²) in [7, 11) is -3.86. The van der Waals surface area contributed by atoms with Gasteiger partial charge in [-0.15, -0.1) is 0 Å². The van der Waals surface area contributed by atoms with Gasteiger partial charge in [-0.05, 0) is 49.4 Å². The molecule has 0 unspecified atom stereocenters. The Morgan fingerprint density at radius 1 is 1.00 bits per heavy atom. The number of fused-ring (bicyclic) bond motifs is 1. The first-order valence-electron chi connectivity index (χ1n) is 13.8. The van der Waals surface area contributed by atoms with Crippen LogP contribution in [0.25, 0.3) is 22.2 Å². The Morgan fingerprint density at radius 2 is 1.74 bits per heavy atom. The van der Waals surface area contributed by atoms with E-state index in [2.05, 4.69) is 10.3 Å². The standard InChI is InChI=1S/C31H28ClN5O5S/c32-28-18-33-31(34-22-13-15-24(16-14-22)42-20-21-7-6-8-23(17-21)37(38)39)35-30(28)27-19-36(29-12-5-4-11-26(27)29)43(40,41)25-9-2-1-3-10-25/h1-12,17-19,22,24H,13-16,20H2,(H,33,34,35)/t22-,24-. The first-order chi connectivity index (χ1) is 20.8. The summed E-state index contributed by atoms with van der Waals surface area (Å²) < 4.78 is 34.4. The summed E-state index contributed by atoms with van der Waals surface area (Å²) in [4.78, 5) is 19.9. The molecule has 0 amide bonds. The predicted octanol–water partition coefficient (Wildman–Crippen LogP) is 6.84. The maximum Gasteiger partial charge on any atom is 0.269 e. The highest BCUT2D eigenvalue weighted by atomic mass is 35.5. The van der Waals surface area contributed by atoms with E-state index < -0.39 is 14.9 Å². The average molecular weight is 618 g/mol. The van der Waals surface area contributed by atoms with E-state index in [0.29, 0.717) is 39.7 Å². The highest BCUT2D eigenvalue weighted by Gasteiger charge is 2.25. The van der Waals surface area contributed by atoms with Crippen LogP contribution in [0.1, 0.15) is 31.2 Å². The second kappa shape index (κ2) is 12.1. The summed E-state index contributed by atoms with van der Waals surface area (Å²) in [6, 6.07) is 22.1. The van der Waals surface area contributed by atoms with E-state index in [4.69, 9.17) is 21.3 Å². The van der Waals surface area contributed by atoms with Gasteiger partial charge in [0.25, 0.3) is 15.7 Å². The van der Waals surface area contributed by atoms with Crippen LogP contribution in [-0.4, -0.2) is 39.4 Å². The van der Waals surface area contributed by atoms with Gasteiger partial charge in [0.05, 0.1) is 45.0 Å². The summed E-state index contributed by atoms with van der Waals surface area (Å²) >= 11 is 6.58. The predicted molar refractivity (Wildman–Crippen MR) is 165 cm³/mol. The minimum atomic E-state index is -3.86. The number of hydrogen-bond donors (Lipinski definition) is 1. The molecule has 2 aromatic heterocycles. The van der Waals surface area contributed by atoms with Gasteiger partial charge in [0.1, 0.15) is 0 Å². The van der Waals surface area contributed by atoms with Crippen molar-refractivity contribution >= 4 is 44.2 Å². The smallest absolute Gasteiger partial charge is 0.269 e. The fourth-order valence-corrected chi connectivity index (χ4v) is 6.98. The Labute approximate surface area is 253 Å². The van der Waals surface area contributed by atoms with Gasteiger partial charge in [-0.2, -0.15) is 0 Å². The molecular weight excluding hydrogens is 590 g/mol. The van der Waals surface area contributed by atoms with Crippen LogP contribution in [0.3, 0.4) is 0 Å². The van der Waals surface area contributed by atoms with Gasteiger partial charge in [-0.3, -0.25) is 10.1 Å². The van der Waals surface area contributed by atoms with Gasteiger partial charge >= 0.3 is 0 Å². The van der Waals surface area contributed by atoms with Gasteiger partial charge in [0, 0.05) is 35.3 Å². The average Bonchev–Trinajstić information content (AvgIpc) is 3.43. The van der Waals surface area contributed by atoms with Crippen LogP contribution < -0.4 is 5.32 Å². The molecule has 1 saturated carbocycles. The number of nitro benzene ring substituents is 1. The molecule has 6 rings (SSSR count). The molecule has 0 atom stereocenters. The van der Waals surface area contributed by atoms with Crippen molar-refractivity contribution in [2.75, 3.05) is 5.32 Å². The third kappa shape index (κ3) is 6.10. The number of ether oxygens (including phenoxy) is 1. The lowest BCUT2D eigenvalue weighted by atomic mass is 9.93. The van der Waals surface area contributed by atoms with Crippen molar-refractivity contribution in [3.8, 4) is 11.3 Å². The quantitative estimate of drug-likeness (QED) is 0.141. The Balaban J connectivity index is 1.17. The first-order valence-corrected chi connectivity index (χ1v) is 15.7. The number of nitrogens with zero attached hydrogens (tertiary/aromatic N) is 4. The molecule has 1 fully saturated rings. The van der Waals surface area contributed by atoms with Crippen LogP contribution >= 0.6 is 11.6 Å². The zero-order valence-corrected chi connectivity index (χ0v) is 24.5. The Bertz CT molecular complexity index is 1890. The molecule has 10 nitrogen and oxygen atoms in total. The van der Waals surface area contributed by atoms with E-state index >= 15 is 0 Å². The topological polar surface area (TPSA) is 129 Å². The molecule has 2 heterocycles. The number of para-hydroxylation sites is 1. The molecule has 0 aliphatic heterocycles. The van der Waals surface area contributed by atoms with E-state index in [-0.39, 0.29) is 22.7 Å². The number of non-ortho nitro benzene ring substituents is 1. The third-order valence-corrected chi connectivity index (χ3v) is 9.56. The van der Waals surface area contributed by atoms with E-state index in [0.717, 1.165) is 31.2 Å². The van der Waals surface area contributed by atoms with E-state index in [1.165, 1.54) is 22.3 Å². The van der Waals surface area contributed by atoms with Crippen molar-refractivity contribution in [2.45, 2.75) is 49.3 Å². The molecule has 0 saturated heterocycles. The minimum Gasteiger partial charge on any atom is -0.374 e. The Morgan fingerprint density at radius 3 is 2.51 bits per heavy atom. The second-order valence-electron chi connectivity index (χ2n) is 10.4. The van der Waals surface area contributed by atoms with Crippen molar-refractivity contribution in [1.29, 1.82) is 0 Å². The minimum absolute atomic E-state index is 0.0525. The summed E-state index contributed by atoms with van der Waals surface area (Å²) in [6.07, 6.45) is 6.44. The van der Waals surface area contributed by atoms with E-state index in [1.54, 1.807) is 54.7 Å². The number of benzene rings is 3. The molecule has 1 aliphatic rings. The maximum absolute atomic E-state index is 13.6. The molecule has 3 aromatic carbocycles. The Kier molecular flexibility index (Phi) is 8.11. The van der Waals surface area contributed by atoms with Crippen LogP contribution in [0.4, 0.5) is 11.6 Å². The van der Waals surface area contributed by atoms with Crippen LogP contribution in [0, 0.1) is 10.1 Å². The van der Waals surface area contributed by atoms with E-state index in [1.807, 2.05) is 18.2 Å². The zero-order chi connectivity index (χ0) is 30.0. The molecule has 5 aromatic rings. The van der Waals surface area contributed by atoms with Gasteiger partial charge < -0.3 is 10.1 Å². The molecule has 12 heteroatoms. The first kappa shape index (κ1) is 28.8. The maximum atomic E-state index is 13.6. The molecule has 0 bridgehead atoms. The fourth-order valence-electron chi connectivity index (χ4n) is 5.40. The number of nitrogens with one attached hydrogen (secondary N) is 1. The molecule has 0 spiro atoms. The van der Waals surface area contributed by atoms with Crippen molar-refractivity contribution in [1.82, 2.24) is 13.9 Å². The molecule has 1 aliphatic carbocycles. The number of nitro groups is 1. The van der Waals surface area contributed by atoms with Crippen LogP contribution in [0.5, 0.6) is 0 Å². The monoisotopic (exact) mass is 617 g/mol. The number of rotatable bonds is 9. The number of halogens is 1. The van der Waals surface area contributed by atoms with Gasteiger partial charge in [0.2, 0.25) is 5.95 Å². The third-order valence-electron chi connectivity index (χ3n) is 7.59. The molecule has 0 radical (unpaired) electrons. The van der Waals surface area contributed by atoms with Gasteiger partial charge in [0.15, 0.2) is 0 Å². The number of anilines is 1. The van der Waals surface area contributed by atoms with E-state index in [9.17, 15) is 18.5 Å². The lowest BCUT2D eigenvalue weighted by Gasteiger charge is -2.29. The lowest BCUT2D eigenvalue weighted by molar-refractivity contribution is -0.385. The van der Waals surface area contributed by atoms with Crippen molar-refractivity contribution in [3.05, 3.63) is 112 Å². The SMILES string of the molecule is O=[N+]([O-])c1cccc(CO[C@H]2CC[C@H](Nc3ncc(Cl)c(-c4cn(S(=O)(=O)c5ccccc5)c5ccccc45)n3)CC2)c1. The summed E-state index contributed by atoms with van der Waals surface area (Å²) in [5.41, 5.74) is 2.37. The molecule has 1 N–H and O–H groups in total. The highest BCUT2D eigenvalue weighted by Crippen LogP contribution is 2.36. The number of hydrogen-bond acceptors (Lipinski definition) is 8. The van der Waals surface area contributed by atoms with Crippen molar-refractivity contribution in [2.24, 2.45) is 0 Å². The van der Waals surface area contributed by atoms with Crippen LogP contribution in [0.2, 0.25) is 5.02 Å². The Hall–Kier alpha value is -4.32. The second-order valence-corrected chi connectivity index (χ2v) is 12.6. The highest BCUT2D eigenvalue weighted by molar-refractivity contribution is 7.90. The molecular formula is C31H28ClN5O5S. The normalized spacial score (nSPS) is 17.1. The fraction of sp³-hybridized carbons (Fsp3) is 0.226. The lowest BCUT2D eigenvalue weighted by Crippen LogP contribution is -2.30. The van der Waals surface area contributed by atoms with Crippen LogP contribution in [0.15, 0.2) is 96.2 Å². The number of aromatic nitrogens is 3. The zero-order valence-electron chi connectivity index (χ0n) is 23.0. The summed E-state index contributed by atoms with van der Waals surface area (Å²) in [5, 5.41) is 15.5. The van der Waals surface area contributed by atoms with Gasteiger partial charge in [-0.1, -0.05) is 60.1 Å². The van der Waals surface area contributed by atoms with Crippen LogP contribution in [-0.2, 0) is 21.4 Å². The summed E-state index contributed by atoms with van der Waals surface area (Å²) in [6.45, 7) is 0.321. The largest absolute Gasteiger partial charge is 0.374 e. The van der Waals surface area contributed by atoms with Crippen molar-refractivity contribution in [3.63, 3.8) is 0 Å². The van der Waals surface area contributed by atoms with Crippen molar-refractivity contribution < 1.29 is 18.1 Å². The molecule has 220 valence electrons. The summed E-state index contributed by atoms with van der Waals surface area (Å²) in [5.74, 6) is 0.406. The molecule has 43 heavy (non-hydrogen) atoms. The van der Waals surface area contributed by atoms with Gasteiger partial charge in [-0.25, -0.2) is 22.4 Å².